The number of carbonyl (C=O) groups is 3. The summed E-state index contributed by atoms with van der Waals surface area (Å²) in [5, 5.41) is 5.20. The van der Waals surface area contributed by atoms with Gasteiger partial charge in [-0.2, -0.15) is 0 Å². The van der Waals surface area contributed by atoms with E-state index < -0.39 is 38.4 Å². The van der Waals surface area contributed by atoms with Crippen LogP contribution in [-0.4, -0.2) is 30.6 Å². The molecule has 0 aliphatic rings. The smallest absolute Gasteiger partial charge is 0.485 e. The van der Waals surface area contributed by atoms with Crippen molar-refractivity contribution in [1.29, 1.82) is 0 Å². The van der Waals surface area contributed by atoms with E-state index in [1.165, 1.54) is 6.07 Å². The second kappa shape index (κ2) is 22.4. The number of amides is 2. The van der Waals surface area contributed by atoms with Gasteiger partial charge in [0, 0.05) is 6.42 Å². The van der Waals surface area contributed by atoms with E-state index in [2.05, 4.69) is 10.6 Å². The Hall–Kier alpha value is -6.72. The van der Waals surface area contributed by atoms with Crippen molar-refractivity contribution in [3.63, 3.8) is 0 Å². The van der Waals surface area contributed by atoms with Gasteiger partial charge in [-0.25, -0.2) is 9.36 Å². The molecule has 1 atom stereocenters. The Labute approximate surface area is 349 Å². The molecule has 0 bridgehead atoms. The van der Waals surface area contributed by atoms with Gasteiger partial charge in [0.15, 0.2) is 11.5 Å². The number of rotatable bonds is 21. The summed E-state index contributed by atoms with van der Waals surface area (Å²) in [7, 11) is -4.31. The first-order valence-electron chi connectivity index (χ1n) is 19.2. The predicted molar refractivity (Wildman–Crippen MR) is 224 cm³/mol. The van der Waals surface area contributed by atoms with E-state index in [9.17, 15) is 18.9 Å². The van der Waals surface area contributed by atoms with E-state index >= 15 is 0 Å². The number of hydrogen-bond donors (Lipinski definition) is 2. The van der Waals surface area contributed by atoms with Gasteiger partial charge in [-0.15, -0.1) is 0 Å². The van der Waals surface area contributed by atoms with Crippen LogP contribution in [0.25, 0.3) is 0 Å². The minimum atomic E-state index is -4.31. The molecule has 0 radical (unpaired) electrons. The quantitative estimate of drug-likeness (QED) is 0.0533. The predicted octanol–water partition coefficient (Wildman–Crippen LogP) is 8.88. The summed E-state index contributed by atoms with van der Waals surface area (Å²) in [4.78, 5) is 39.3. The second-order valence-electron chi connectivity index (χ2n) is 13.4. The Kier molecular flexibility index (Phi) is 16.0. The highest BCUT2D eigenvalue weighted by Gasteiger charge is 2.31. The molecule has 0 fully saturated rings. The summed E-state index contributed by atoms with van der Waals surface area (Å²) in [5.74, 6) is -1.11. The second-order valence-corrected chi connectivity index (χ2v) is 15.0. The van der Waals surface area contributed by atoms with E-state index in [-0.39, 0.29) is 51.0 Å². The molecule has 12 nitrogen and oxygen atoms in total. The van der Waals surface area contributed by atoms with Gasteiger partial charge < -0.3 is 29.4 Å². The molecule has 13 heteroatoms. The monoisotopic (exact) mass is 828 g/mol. The molecule has 0 saturated carbocycles. The lowest BCUT2D eigenvalue weighted by molar-refractivity contribution is -0.145. The van der Waals surface area contributed by atoms with Crippen LogP contribution < -0.4 is 19.9 Å². The Morgan fingerprint density at radius 2 is 0.950 bits per heavy atom. The molecule has 0 saturated heterocycles. The van der Waals surface area contributed by atoms with Gasteiger partial charge in [0.1, 0.15) is 32.4 Å². The van der Waals surface area contributed by atoms with Gasteiger partial charge in [0.25, 0.3) is 0 Å². The lowest BCUT2D eigenvalue weighted by Gasteiger charge is -2.22. The third kappa shape index (κ3) is 14.3. The molecular formula is C47H45N2O10P. The van der Waals surface area contributed by atoms with Crippen molar-refractivity contribution in [3.05, 3.63) is 203 Å². The molecule has 0 unspecified atom stereocenters. The van der Waals surface area contributed by atoms with Crippen molar-refractivity contribution in [2.24, 2.45) is 0 Å². The normalized spacial score (nSPS) is 11.5. The fourth-order valence-corrected chi connectivity index (χ4v) is 6.88. The molecule has 2 amide bonds. The van der Waals surface area contributed by atoms with Gasteiger partial charge >= 0.3 is 19.9 Å². The molecule has 0 aliphatic heterocycles. The van der Waals surface area contributed by atoms with Crippen LogP contribution in [0.1, 0.15) is 33.4 Å². The average molecular weight is 829 g/mol. The van der Waals surface area contributed by atoms with Crippen molar-refractivity contribution in [2.45, 2.75) is 45.5 Å². The topological polar surface area (TPSA) is 148 Å². The van der Waals surface area contributed by atoms with Crippen LogP contribution in [0.3, 0.4) is 0 Å². The Balaban J connectivity index is 1.22. The Bertz CT molecular complexity index is 2250. The largest absolute Gasteiger partial charge is 0.530 e. The summed E-state index contributed by atoms with van der Waals surface area (Å²) >= 11 is 0. The third-order valence-electron chi connectivity index (χ3n) is 8.83. The number of esters is 1. The standard InChI is InChI=1S/C47H45N2O10P/c50-45(55-32-37-18-8-2-9-19-37)30-48-46(51)42(49-47(52)56-33-38-20-10-3-11-21-38)28-41-26-27-43(44(29-41)54-31-36-16-6-1-7-17-36)59-60(53,57-34-39-22-12-4-13-23-39)58-35-40-24-14-5-15-25-40/h1-27,29,42H,28,30-35H2,(H,48,51)(H,49,52)/t42-/m0/s1. The molecule has 308 valence electrons. The number of phosphoric ester groups is 1. The number of alkyl carbamates (subject to hydrolysis) is 1. The minimum Gasteiger partial charge on any atom is -0.485 e. The lowest BCUT2D eigenvalue weighted by Crippen LogP contribution is -2.49. The first-order valence-corrected chi connectivity index (χ1v) is 20.7. The number of nitrogens with one attached hydrogen (secondary N) is 2. The molecule has 0 heterocycles. The van der Waals surface area contributed by atoms with E-state index in [0.29, 0.717) is 5.56 Å². The van der Waals surface area contributed by atoms with Gasteiger partial charge in [0.2, 0.25) is 5.91 Å². The maximum atomic E-state index is 14.4. The van der Waals surface area contributed by atoms with Crippen molar-refractivity contribution in [1.82, 2.24) is 10.6 Å². The van der Waals surface area contributed by atoms with E-state index in [0.717, 1.165) is 27.8 Å². The summed E-state index contributed by atoms with van der Waals surface area (Å²) in [6, 6.07) is 49.6. The van der Waals surface area contributed by atoms with Gasteiger partial charge in [-0.3, -0.25) is 18.6 Å². The fourth-order valence-electron chi connectivity index (χ4n) is 5.69. The van der Waals surface area contributed by atoms with Crippen LogP contribution in [0.4, 0.5) is 4.79 Å². The van der Waals surface area contributed by atoms with Gasteiger partial charge in [0.05, 0.1) is 13.2 Å². The SMILES string of the molecule is O=C(CNC(=O)[C@H](Cc1ccc(OP(=O)(OCc2ccccc2)OCc2ccccc2)c(OCc2ccccc2)c1)NC(=O)OCc1ccccc1)OCc1ccccc1. The van der Waals surface area contributed by atoms with Gasteiger partial charge in [-0.05, 0) is 45.5 Å². The fraction of sp³-hybridized carbons (Fsp3) is 0.170. The number of benzene rings is 6. The molecule has 2 N–H and O–H groups in total. The maximum Gasteiger partial charge on any atom is 0.530 e. The molecule has 0 spiro atoms. The zero-order valence-electron chi connectivity index (χ0n) is 32.7. The van der Waals surface area contributed by atoms with E-state index in [1.807, 2.05) is 140 Å². The van der Waals surface area contributed by atoms with Crippen LogP contribution in [0.5, 0.6) is 11.5 Å². The summed E-state index contributed by atoms with van der Waals surface area (Å²) < 4.78 is 49.2. The number of phosphoric acid groups is 1. The number of ether oxygens (including phenoxy) is 3. The summed E-state index contributed by atoms with van der Waals surface area (Å²) in [6.45, 7) is -0.455. The zero-order valence-corrected chi connectivity index (χ0v) is 33.6. The molecule has 60 heavy (non-hydrogen) atoms. The van der Waals surface area contributed by atoms with Crippen LogP contribution >= 0.6 is 7.82 Å². The number of carbonyl (C=O) groups excluding carboxylic acids is 3. The molecular weight excluding hydrogens is 783 g/mol. The van der Waals surface area contributed by atoms with Crippen molar-refractivity contribution < 1.29 is 46.7 Å². The van der Waals surface area contributed by atoms with E-state index in [1.54, 1.807) is 24.3 Å². The van der Waals surface area contributed by atoms with Crippen molar-refractivity contribution in [3.8, 4) is 11.5 Å². The average Bonchev–Trinajstić information content (AvgIpc) is 3.29. The van der Waals surface area contributed by atoms with Gasteiger partial charge in [-0.1, -0.05) is 158 Å². The van der Waals surface area contributed by atoms with E-state index in [4.69, 9.17) is 27.8 Å². The molecule has 0 aromatic heterocycles. The molecule has 0 aliphatic carbocycles. The first kappa shape index (κ1) is 42.9. The van der Waals surface area contributed by atoms with Crippen LogP contribution in [0.2, 0.25) is 0 Å². The highest BCUT2D eigenvalue weighted by molar-refractivity contribution is 7.48. The van der Waals surface area contributed by atoms with Crippen molar-refractivity contribution in [2.75, 3.05) is 6.54 Å². The minimum absolute atomic E-state index is 0.0325. The molecule has 6 aromatic carbocycles. The zero-order chi connectivity index (χ0) is 41.8. The Morgan fingerprint density at radius 3 is 1.45 bits per heavy atom. The maximum absolute atomic E-state index is 14.4. The highest BCUT2D eigenvalue weighted by Crippen LogP contribution is 2.53. The third-order valence-corrected chi connectivity index (χ3v) is 10.1. The lowest BCUT2D eigenvalue weighted by atomic mass is 10.0. The van der Waals surface area contributed by atoms with Crippen LogP contribution in [0.15, 0.2) is 170 Å². The van der Waals surface area contributed by atoms with Crippen LogP contribution in [-0.2, 0) is 72.1 Å². The number of hydrogen-bond acceptors (Lipinski definition) is 10. The highest BCUT2D eigenvalue weighted by atomic mass is 31.2. The first-order chi connectivity index (χ1) is 29.3. The summed E-state index contributed by atoms with van der Waals surface area (Å²) in [5.41, 5.74) is 4.41. The van der Waals surface area contributed by atoms with Crippen LogP contribution in [0, 0.1) is 0 Å². The molecule has 6 aromatic rings. The Morgan fingerprint density at radius 1 is 0.500 bits per heavy atom. The van der Waals surface area contributed by atoms with Crippen molar-refractivity contribution >= 4 is 25.8 Å². The molecule has 6 rings (SSSR count). The summed E-state index contributed by atoms with van der Waals surface area (Å²) in [6.07, 6.45) is -0.918.